The van der Waals surface area contributed by atoms with Crippen LogP contribution < -0.4 is 5.73 Å². The van der Waals surface area contributed by atoms with Crippen molar-refractivity contribution in [3.8, 4) is 0 Å². The fraction of sp³-hybridized carbons (Fsp3) is 0.348. The van der Waals surface area contributed by atoms with Crippen LogP contribution in [-0.2, 0) is 16.1 Å². The van der Waals surface area contributed by atoms with Gasteiger partial charge in [-0.1, -0.05) is 53.7 Å². The van der Waals surface area contributed by atoms with Gasteiger partial charge in [0.1, 0.15) is 0 Å². The number of halogens is 1. The monoisotopic (exact) mass is 456 g/mol. The molecule has 3 aromatic rings. The maximum Gasteiger partial charge on any atom is 0.235 e. The van der Waals surface area contributed by atoms with E-state index < -0.39 is 0 Å². The van der Waals surface area contributed by atoms with Crippen LogP contribution in [0.4, 0.5) is 0 Å². The van der Waals surface area contributed by atoms with Gasteiger partial charge in [0.15, 0.2) is 5.16 Å². The predicted molar refractivity (Wildman–Crippen MR) is 124 cm³/mol. The third-order valence-electron chi connectivity index (χ3n) is 5.70. The molecule has 2 heterocycles. The summed E-state index contributed by atoms with van der Waals surface area (Å²) in [5.74, 6) is -0.348. The molecule has 0 radical (unpaired) electrons. The molecule has 1 atom stereocenters. The second kappa shape index (κ2) is 9.32. The Balaban J connectivity index is 1.55. The van der Waals surface area contributed by atoms with Gasteiger partial charge in [-0.3, -0.25) is 9.59 Å². The molecule has 1 unspecified atom stereocenters. The van der Waals surface area contributed by atoms with Crippen molar-refractivity contribution in [2.24, 2.45) is 11.7 Å². The summed E-state index contributed by atoms with van der Waals surface area (Å²) in [5, 5.41) is 1.12. The summed E-state index contributed by atoms with van der Waals surface area (Å²) in [6.07, 6.45) is 1.26. The molecule has 2 amide bonds. The number of thioether (sulfide) groups is 1. The molecule has 2 aromatic carbocycles. The van der Waals surface area contributed by atoms with Gasteiger partial charge in [0, 0.05) is 24.0 Å². The number of rotatable bonds is 6. The summed E-state index contributed by atoms with van der Waals surface area (Å²) in [4.78, 5) is 31.1. The summed E-state index contributed by atoms with van der Waals surface area (Å²) < 4.78 is 2.13. The number of nitrogens with zero attached hydrogens (tertiary/aromatic N) is 3. The molecule has 2 N–H and O–H groups in total. The molecule has 6 nitrogen and oxygen atoms in total. The van der Waals surface area contributed by atoms with Crippen LogP contribution in [0, 0.1) is 5.92 Å². The Morgan fingerprint density at radius 2 is 1.90 bits per heavy atom. The lowest BCUT2D eigenvalue weighted by molar-refractivity contribution is -0.134. The van der Waals surface area contributed by atoms with Crippen LogP contribution in [0.2, 0.25) is 5.02 Å². The average molecular weight is 457 g/mol. The Bertz CT molecular complexity index is 1090. The fourth-order valence-corrected chi connectivity index (χ4v) is 5.11. The van der Waals surface area contributed by atoms with Crippen LogP contribution in [0.3, 0.4) is 0 Å². The van der Waals surface area contributed by atoms with Crippen molar-refractivity contribution in [2.45, 2.75) is 36.7 Å². The van der Waals surface area contributed by atoms with Crippen LogP contribution in [0.25, 0.3) is 11.0 Å². The number of carbonyl (C=O) groups excluding carboxylic acids is 2. The van der Waals surface area contributed by atoms with Gasteiger partial charge >= 0.3 is 0 Å². The number of hydrogen-bond acceptors (Lipinski definition) is 4. The van der Waals surface area contributed by atoms with Gasteiger partial charge in [0.2, 0.25) is 11.8 Å². The lowest BCUT2D eigenvalue weighted by Crippen LogP contribution is -2.44. The van der Waals surface area contributed by atoms with Crippen LogP contribution >= 0.6 is 23.4 Å². The minimum Gasteiger partial charge on any atom is -0.369 e. The molecule has 1 aliphatic heterocycles. The first-order chi connectivity index (χ1) is 14.9. The molecule has 0 spiro atoms. The number of primary amides is 1. The number of likely N-dealkylation sites (tertiary alicyclic amines) is 1. The number of benzene rings is 2. The third kappa shape index (κ3) is 4.88. The fourth-order valence-electron chi connectivity index (χ4n) is 3.94. The van der Waals surface area contributed by atoms with Gasteiger partial charge < -0.3 is 15.2 Å². The van der Waals surface area contributed by atoms with Crippen LogP contribution in [0.1, 0.15) is 25.3 Å². The van der Waals surface area contributed by atoms with E-state index >= 15 is 0 Å². The van der Waals surface area contributed by atoms with E-state index in [0.717, 1.165) is 21.8 Å². The lowest BCUT2D eigenvalue weighted by atomic mass is 9.96. The Morgan fingerprint density at radius 3 is 2.58 bits per heavy atom. The molecular formula is C23H25ClN4O2S. The van der Waals surface area contributed by atoms with Crippen LogP contribution in [0.15, 0.2) is 53.7 Å². The standard InChI is InChI=1S/C23H25ClN4O2S/c1-15(22(30)27-11-9-17(10-12-27)21(25)29)31-23-26-19-13-18(24)7-8-20(19)28(23)14-16-5-3-2-4-6-16/h2-8,13,15,17H,9-12,14H2,1H3,(H2,25,29). The van der Waals surface area contributed by atoms with E-state index in [1.165, 1.54) is 11.8 Å². The number of aromatic nitrogens is 2. The summed E-state index contributed by atoms with van der Waals surface area (Å²) in [6, 6.07) is 15.9. The molecule has 162 valence electrons. The van der Waals surface area contributed by atoms with E-state index in [9.17, 15) is 9.59 Å². The van der Waals surface area contributed by atoms with Gasteiger partial charge in [-0.25, -0.2) is 4.98 Å². The van der Waals surface area contributed by atoms with E-state index in [1.807, 2.05) is 48.2 Å². The Morgan fingerprint density at radius 1 is 1.19 bits per heavy atom. The van der Waals surface area contributed by atoms with Gasteiger partial charge in [0.05, 0.1) is 22.8 Å². The van der Waals surface area contributed by atoms with E-state index in [-0.39, 0.29) is 23.0 Å². The first-order valence-electron chi connectivity index (χ1n) is 10.4. The van der Waals surface area contributed by atoms with Crippen molar-refractivity contribution >= 4 is 46.2 Å². The van der Waals surface area contributed by atoms with E-state index in [0.29, 0.717) is 37.5 Å². The number of piperidine rings is 1. The van der Waals surface area contributed by atoms with Crippen molar-refractivity contribution in [1.29, 1.82) is 0 Å². The predicted octanol–water partition coefficient (Wildman–Crippen LogP) is 3.94. The normalized spacial score (nSPS) is 15.9. The van der Waals surface area contributed by atoms with Crippen molar-refractivity contribution in [3.05, 3.63) is 59.1 Å². The highest BCUT2D eigenvalue weighted by Crippen LogP contribution is 2.31. The number of amides is 2. The largest absolute Gasteiger partial charge is 0.369 e. The molecule has 4 rings (SSSR count). The van der Waals surface area contributed by atoms with Gasteiger partial charge in [0.25, 0.3) is 0 Å². The Kier molecular flexibility index (Phi) is 6.53. The number of nitrogens with two attached hydrogens (primary N) is 1. The molecular weight excluding hydrogens is 432 g/mol. The van der Waals surface area contributed by atoms with Gasteiger partial charge in [-0.2, -0.15) is 0 Å². The highest BCUT2D eigenvalue weighted by molar-refractivity contribution is 8.00. The number of carbonyl (C=O) groups is 2. The molecule has 0 bridgehead atoms. The quantitative estimate of drug-likeness (QED) is 0.569. The second-order valence-corrected chi connectivity index (χ2v) is 9.61. The number of hydrogen-bond donors (Lipinski definition) is 1. The first kappa shape index (κ1) is 21.7. The topological polar surface area (TPSA) is 81.2 Å². The SMILES string of the molecule is CC(Sc1nc2cc(Cl)ccc2n1Cc1ccccc1)C(=O)N1CCC(C(N)=O)CC1. The molecule has 1 saturated heterocycles. The van der Waals surface area contributed by atoms with Gasteiger partial charge in [-0.15, -0.1) is 0 Å². The third-order valence-corrected chi connectivity index (χ3v) is 7.01. The van der Waals surface area contributed by atoms with Crippen molar-refractivity contribution < 1.29 is 9.59 Å². The minimum atomic E-state index is -0.299. The average Bonchev–Trinajstić information content (AvgIpc) is 3.09. The van der Waals surface area contributed by atoms with Crippen molar-refractivity contribution in [1.82, 2.24) is 14.5 Å². The molecule has 31 heavy (non-hydrogen) atoms. The zero-order valence-corrected chi connectivity index (χ0v) is 18.9. The van der Waals surface area contributed by atoms with E-state index in [4.69, 9.17) is 22.3 Å². The molecule has 1 aromatic heterocycles. The molecule has 0 saturated carbocycles. The zero-order valence-electron chi connectivity index (χ0n) is 17.3. The Hall–Kier alpha value is -2.51. The van der Waals surface area contributed by atoms with E-state index in [1.54, 1.807) is 0 Å². The van der Waals surface area contributed by atoms with Crippen molar-refractivity contribution in [2.75, 3.05) is 13.1 Å². The first-order valence-corrected chi connectivity index (χ1v) is 11.6. The molecule has 0 aliphatic carbocycles. The molecule has 8 heteroatoms. The maximum atomic E-state index is 13.0. The summed E-state index contributed by atoms with van der Waals surface area (Å²) >= 11 is 7.64. The number of imidazole rings is 1. The lowest BCUT2D eigenvalue weighted by Gasteiger charge is -2.32. The highest BCUT2D eigenvalue weighted by atomic mass is 35.5. The molecule has 1 aliphatic rings. The van der Waals surface area contributed by atoms with E-state index in [2.05, 4.69) is 16.7 Å². The minimum absolute atomic E-state index is 0.0595. The van der Waals surface area contributed by atoms with Crippen LogP contribution in [0.5, 0.6) is 0 Å². The van der Waals surface area contributed by atoms with Crippen LogP contribution in [-0.4, -0.2) is 44.6 Å². The highest BCUT2D eigenvalue weighted by Gasteiger charge is 2.29. The summed E-state index contributed by atoms with van der Waals surface area (Å²) in [6.45, 7) is 3.69. The molecule has 1 fully saturated rings. The summed E-state index contributed by atoms with van der Waals surface area (Å²) in [5.41, 5.74) is 8.37. The van der Waals surface area contributed by atoms with Gasteiger partial charge in [-0.05, 0) is 43.5 Å². The summed E-state index contributed by atoms with van der Waals surface area (Å²) in [7, 11) is 0. The van der Waals surface area contributed by atoms with Crippen molar-refractivity contribution in [3.63, 3.8) is 0 Å². The second-order valence-electron chi connectivity index (χ2n) is 7.86. The Labute approximate surface area is 190 Å². The smallest absolute Gasteiger partial charge is 0.235 e. The maximum absolute atomic E-state index is 13.0. The zero-order chi connectivity index (χ0) is 22.0. The number of fused-ring (bicyclic) bond motifs is 1.